The molecular formula is C24H22O. The van der Waals surface area contributed by atoms with Crippen molar-refractivity contribution in [2.45, 2.75) is 24.4 Å². The molecule has 124 valence electrons. The Morgan fingerprint density at radius 2 is 1.24 bits per heavy atom. The van der Waals surface area contributed by atoms with Crippen LogP contribution in [0.25, 0.3) is 0 Å². The minimum absolute atomic E-state index is 0.139. The number of hydrogen-bond donors (Lipinski definition) is 0. The molecule has 1 aliphatic carbocycles. The minimum Gasteiger partial charge on any atom is -0.481 e. The summed E-state index contributed by atoms with van der Waals surface area (Å²) in [5.74, 6) is 0.911. The largest absolute Gasteiger partial charge is 0.481 e. The quantitative estimate of drug-likeness (QED) is 0.532. The Labute approximate surface area is 149 Å². The van der Waals surface area contributed by atoms with Crippen LogP contribution in [0, 0.1) is 0 Å². The number of ether oxygens (including phenoxy) is 1. The molecule has 0 aliphatic heterocycles. The lowest BCUT2D eigenvalue weighted by Gasteiger charge is -2.26. The highest BCUT2D eigenvalue weighted by Crippen LogP contribution is 2.66. The van der Waals surface area contributed by atoms with Crippen LogP contribution in [0.1, 0.15) is 24.5 Å². The van der Waals surface area contributed by atoms with Crippen molar-refractivity contribution in [3.8, 4) is 5.75 Å². The van der Waals surface area contributed by atoms with Crippen LogP contribution in [0.5, 0.6) is 5.75 Å². The zero-order chi connectivity index (χ0) is 17.2. The second-order valence-corrected chi connectivity index (χ2v) is 6.62. The molecule has 0 radical (unpaired) electrons. The molecule has 0 N–H and O–H groups in total. The Hall–Kier alpha value is -2.80. The van der Waals surface area contributed by atoms with Gasteiger partial charge in [-0.05, 0) is 30.2 Å². The molecule has 0 spiro atoms. The molecule has 3 aromatic rings. The summed E-state index contributed by atoms with van der Waals surface area (Å²) in [5, 5.41) is 0. The number of hydrogen-bond acceptors (Lipinski definition) is 1. The third-order valence-electron chi connectivity index (χ3n) is 5.14. The maximum Gasteiger partial charge on any atom is 0.148 e. The highest BCUT2D eigenvalue weighted by Gasteiger charge is 2.70. The number of allylic oxidation sites excluding steroid dienone is 1. The van der Waals surface area contributed by atoms with Gasteiger partial charge in [0.25, 0.3) is 0 Å². The van der Waals surface area contributed by atoms with Crippen molar-refractivity contribution in [3.63, 3.8) is 0 Å². The Kier molecular flexibility index (Phi) is 3.93. The van der Waals surface area contributed by atoms with Gasteiger partial charge in [-0.1, -0.05) is 91.0 Å². The van der Waals surface area contributed by atoms with Gasteiger partial charge >= 0.3 is 0 Å². The molecule has 2 unspecified atom stereocenters. The molecule has 2 atom stereocenters. The maximum atomic E-state index is 6.67. The van der Waals surface area contributed by atoms with Crippen LogP contribution in [0.4, 0.5) is 0 Å². The zero-order valence-corrected chi connectivity index (χ0v) is 14.4. The average Bonchev–Trinajstić information content (AvgIpc) is 3.33. The first-order chi connectivity index (χ1) is 12.3. The van der Waals surface area contributed by atoms with Gasteiger partial charge in [-0.3, -0.25) is 0 Å². The molecule has 1 heteroatoms. The van der Waals surface area contributed by atoms with Gasteiger partial charge in [-0.2, -0.15) is 0 Å². The van der Waals surface area contributed by atoms with Gasteiger partial charge in [0.05, 0.1) is 5.41 Å². The van der Waals surface area contributed by atoms with E-state index in [0.29, 0.717) is 0 Å². The number of rotatable bonds is 5. The maximum absolute atomic E-state index is 6.67. The fourth-order valence-corrected chi connectivity index (χ4v) is 3.94. The summed E-state index contributed by atoms with van der Waals surface area (Å²) in [5.41, 5.74) is 2.01. The van der Waals surface area contributed by atoms with Gasteiger partial charge < -0.3 is 4.74 Å². The molecule has 3 aromatic carbocycles. The first kappa shape index (κ1) is 15.7. The van der Waals surface area contributed by atoms with E-state index in [-0.39, 0.29) is 11.0 Å². The first-order valence-electron chi connectivity index (χ1n) is 8.80. The SMILES string of the molecule is CC=CC1(c2ccccc2)CC1(Oc1ccccc1)c1ccccc1. The van der Waals surface area contributed by atoms with Gasteiger partial charge in [-0.25, -0.2) is 0 Å². The van der Waals surface area contributed by atoms with Gasteiger partial charge in [0.1, 0.15) is 11.4 Å². The predicted molar refractivity (Wildman–Crippen MR) is 103 cm³/mol. The van der Waals surface area contributed by atoms with E-state index in [1.165, 1.54) is 11.1 Å². The fourth-order valence-electron chi connectivity index (χ4n) is 3.94. The molecule has 0 bridgehead atoms. The fraction of sp³-hybridized carbons (Fsp3) is 0.167. The molecule has 0 heterocycles. The van der Waals surface area contributed by atoms with Crippen LogP contribution in [0.15, 0.2) is 103 Å². The lowest BCUT2D eigenvalue weighted by molar-refractivity contribution is 0.160. The summed E-state index contributed by atoms with van der Waals surface area (Å²) < 4.78 is 6.67. The second-order valence-electron chi connectivity index (χ2n) is 6.62. The van der Waals surface area contributed by atoms with E-state index in [1.807, 2.05) is 30.3 Å². The Bertz CT molecular complexity index is 854. The van der Waals surface area contributed by atoms with E-state index in [0.717, 1.165) is 12.2 Å². The van der Waals surface area contributed by atoms with E-state index in [2.05, 4.69) is 79.7 Å². The molecule has 1 fully saturated rings. The second kappa shape index (κ2) is 6.25. The van der Waals surface area contributed by atoms with Crippen molar-refractivity contribution in [1.29, 1.82) is 0 Å². The van der Waals surface area contributed by atoms with Gasteiger partial charge in [0.2, 0.25) is 0 Å². The molecule has 4 rings (SSSR count). The normalized spacial score (nSPS) is 25.0. The predicted octanol–water partition coefficient (Wildman–Crippen LogP) is 5.88. The van der Waals surface area contributed by atoms with Crippen molar-refractivity contribution in [2.24, 2.45) is 0 Å². The highest BCUT2D eigenvalue weighted by atomic mass is 16.5. The van der Waals surface area contributed by atoms with E-state index >= 15 is 0 Å². The van der Waals surface area contributed by atoms with Crippen molar-refractivity contribution < 1.29 is 4.74 Å². The van der Waals surface area contributed by atoms with Gasteiger partial charge in [-0.15, -0.1) is 0 Å². The first-order valence-corrected chi connectivity index (χ1v) is 8.80. The molecule has 1 saturated carbocycles. The third kappa shape index (κ3) is 2.56. The van der Waals surface area contributed by atoms with Crippen LogP contribution >= 0.6 is 0 Å². The molecule has 1 aliphatic rings. The van der Waals surface area contributed by atoms with Crippen LogP contribution in [0.2, 0.25) is 0 Å². The highest BCUT2D eigenvalue weighted by molar-refractivity contribution is 5.52. The third-order valence-corrected chi connectivity index (χ3v) is 5.14. The zero-order valence-electron chi connectivity index (χ0n) is 14.4. The van der Waals surface area contributed by atoms with E-state index in [9.17, 15) is 0 Å². The van der Waals surface area contributed by atoms with Crippen LogP contribution in [0.3, 0.4) is 0 Å². The summed E-state index contributed by atoms with van der Waals surface area (Å²) in [6.07, 6.45) is 5.39. The van der Waals surface area contributed by atoms with E-state index in [4.69, 9.17) is 4.74 Å². The minimum atomic E-state index is -0.372. The number of para-hydroxylation sites is 1. The summed E-state index contributed by atoms with van der Waals surface area (Å²) >= 11 is 0. The molecule has 0 amide bonds. The summed E-state index contributed by atoms with van der Waals surface area (Å²) in [6.45, 7) is 2.08. The van der Waals surface area contributed by atoms with E-state index < -0.39 is 0 Å². The molecule has 1 nitrogen and oxygen atoms in total. The van der Waals surface area contributed by atoms with Crippen molar-refractivity contribution >= 4 is 0 Å². The average molecular weight is 326 g/mol. The lowest BCUT2D eigenvalue weighted by atomic mass is 9.88. The standard InChI is InChI=1S/C24H22O/c1-2-18-23(20-12-6-3-7-13-20)19-24(23,21-14-8-4-9-15-21)25-22-16-10-5-11-17-22/h2-18H,19H2,1H3. The molecule has 0 aromatic heterocycles. The van der Waals surface area contributed by atoms with Gasteiger partial charge in [0, 0.05) is 6.42 Å². The van der Waals surface area contributed by atoms with E-state index in [1.54, 1.807) is 0 Å². The Morgan fingerprint density at radius 3 is 1.80 bits per heavy atom. The summed E-state index contributed by atoms with van der Waals surface area (Å²) in [7, 11) is 0. The number of benzene rings is 3. The van der Waals surface area contributed by atoms with Crippen LogP contribution in [-0.4, -0.2) is 0 Å². The monoisotopic (exact) mass is 326 g/mol. The van der Waals surface area contributed by atoms with Crippen molar-refractivity contribution in [1.82, 2.24) is 0 Å². The Morgan fingerprint density at radius 1 is 0.720 bits per heavy atom. The van der Waals surface area contributed by atoms with Crippen LogP contribution < -0.4 is 4.74 Å². The smallest absolute Gasteiger partial charge is 0.148 e. The van der Waals surface area contributed by atoms with Gasteiger partial charge in [0.15, 0.2) is 0 Å². The summed E-state index contributed by atoms with van der Waals surface area (Å²) in [6, 6.07) is 31.4. The summed E-state index contributed by atoms with van der Waals surface area (Å²) in [4.78, 5) is 0. The topological polar surface area (TPSA) is 9.23 Å². The molecule has 25 heavy (non-hydrogen) atoms. The van der Waals surface area contributed by atoms with Crippen molar-refractivity contribution in [3.05, 3.63) is 114 Å². The lowest BCUT2D eigenvalue weighted by Crippen LogP contribution is -2.27. The molecular weight excluding hydrogens is 304 g/mol. The van der Waals surface area contributed by atoms with Crippen molar-refractivity contribution in [2.75, 3.05) is 0 Å². The molecule has 0 saturated heterocycles. The Balaban J connectivity index is 1.85. The van der Waals surface area contributed by atoms with Crippen LogP contribution in [-0.2, 0) is 11.0 Å².